The van der Waals surface area contributed by atoms with E-state index in [1.54, 1.807) is 5.57 Å². The molecular weight excluding hydrogens is 144 g/mol. The first kappa shape index (κ1) is 8.10. The minimum atomic E-state index is 0.846. The molecule has 0 radical (unpaired) electrons. The van der Waals surface area contributed by atoms with Crippen molar-refractivity contribution in [3.8, 4) is 0 Å². The van der Waals surface area contributed by atoms with Crippen LogP contribution in [0.1, 0.15) is 39.5 Å². The molecule has 0 spiro atoms. The summed E-state index contributed by atoms with van der Waals surface area (Å²) >= 11 is 0. The van der Waals surface area contributed by atoms with Crippen LogP contribution in [0.2, 0.25) is 0 Å². The highest BCUT2D eigenvalue weighted by Crippen LogP contribution is 2.44. The van der Waals surface area contributed by atoms with Gasteiger partial charge < -0.3 is 0 Å². The van der Waals surface area contributed by atoms with E-state index in [0.29, 0.717) is 0 Å². The Bertz CT molecular complexity index is 237. The first-order valence-corrected chi connectivity index (χ1v) is 5.06. The zero-order chi connectivity index (χ0) is 8.72. The van der Waals surface area contributed by atoms with Crippen LogP contribution in [0.5, 0.6) is 0 Å². The summed E-state index contributed by atoms with van der Waals surface area (Å²) in [7, 11) is 0. The fraction of sp³-hybridized carbons (Fsp3) is 0.667. The van der Waals surface area contributed by atoms with E-state index in [9.17, 15) is 0 Å². The molecule has 0 aromatic heterocycles. The Kier molecular flexibility index (Phi) is 1.86. The Balaban J connectivity index is 2.08. The summed E-state index contributed by atoms with van der Waals surface area (Å²) in [5.41, 5.74) is 4.56. The smallest absolute Gasteiger partial charge is 0.0165 e. The van der Waals surface area contributed by atoms with Crippen LogP contribution in [0.4, 0.5) is 0 Å². The Morgan fingerprint density at radius 3 is 1.92 bits per heavy atom. The number of rotatable bonds is 3. The maximum atomic E-state index is 4.19. The highest BCUT2D eigenvalue weighted by molar-refractivity contribution is 5.36. The molecule has 2 saturated carbocycles. The molecule has 0 heteroatoms. The van der Waals surface area contributed by atoms with Gasteiger partial charge in [-0.05, 0) is 62.5 Å². The van der Waals surface area contributed by atoms with Crippen molar-refractivity contribution >= 4 is 0 Å². The molecule has 2 aliphatic rings. The predicted molar refractivity (Wildman–Crippen MR) is 53.0 cm³/mol. The van der Waals surface area contributed by atoms with Gasteiger partial charge in [0.25, 0.3) is 0 Å². The highest BCUT2D eigenvalue weighted by Gasteiger charge is 2.29. The third-order valence-electron chi connectivity index (χ3n) is 3.33. The molecule has 2 aliphatic carbocycles. The maximum Gasteiger partial charge on any atom is -0.0165 e. The Morgan fingerprint density at radius 1 is 1.00 bits per heavy atom. The zero-order valence-electron chi connectivity index (χ0n) is 8.19. The van der Waals surface area contributed by atoms with Gasteiger partial charge in [0.2, 0.25) is 0 Å². The largest absolute Gasteiger partial charge is 0.0953 e. The molecule has 0 bridgehead atoms. The van der Waals surface area contributed by atoms with Crippen molar-refractivity contribution < 1.29 is 0 Å². The van der Waals surface area contributed by atoms with Gasteiger partial charge in [-0.2, -0.15) is 0 Å². The molecular formula is C12H18. The molecule has 0 unspecified atom stereocenters. The fourth-order valence-electron chi connectivity index (χ4n) is 1.81. The quantitative estimate of drug-likeness (QED) is 0.555. The lowest BCUT2D eigenvalue weighted by molar-refractivity contribution is 0.938. The van der Waals surface area contributed by atoms with Gasteiger partial charge in [0, 0.05) is 0 Å². The standard InChI is InChI=1S/C12H18/c1-8(9(2)11-4-5-11)10(3)12-6-7-12/h11-12H,2,4-7H2,1,3H3/b10-8+. The molecule has 0 amide bonds. The number of hydrogen-bond donors (Lipinski definition) is 0. The summed E-state index contributed by atoms with van der Waals surface area (Å²) in [6.07, 6.45) is 5.60. The van der Waals surface area contributed by atoms with E-state index in [0.717, 1.165) is 11.8 Å². The second-order valence-electron chi connectivity index (χ2n) is 4.38. The minimum absolute atomic E-state index is 0.846. The maximum absolute atomic E-state index is 4.19. The molecule has 0 N–H and O–H groups in total. The van der Waals surface area contributed by atoms with Crippen molar-refractivity contribution in [2.45, 2.75) is 39.5 Å². The lowest BCUT2D eigenvalue weighted by Crippen LogP contribution is -1.92. The summed E-state index contributed by atoms with van der Waals surface area (Å²) in [4.78, 5) is 0. The second-order valence-corrected chi connectivity index (χ2v) is 4.38. The zero-order valence-corrected chi connectivity index (χ0v) is 8.19. The van der Waals surface area contributed by atoms with Crippen molar-refractivity contribution in [3.63, 3.8) is 0 Å². The van der Waals surface area contributed by atoms with Crippen LogP contribution in [0.3, 0.4) is 0 Å². The first-order chi connectivity index (χ1) is 5.70. The molecule has 2 rings (SSSR count). The van der Waals surface area contributed by atoms with Crippen molar-refractivity contribution in [2.75, 3.05) is 0 Å². The van der Waals surface area contributed by atoms with E-state index in [1.807, 2.05) is 0 Å². The van der Waals surface area contributed by atoms with Crippen LogP contribution in [0.25, 0.3) is 0 Å². The molecule has 0 saturated heterocycles. The summed E-state index contributed by atoms with van der Waals surface area (Å²) in [5, 5.41) is 0. The van der Waals surface area contributed by atoms with Crippen molar-refractivity contribution in [3.05, 3.63) is 23.3 Å². The third kappa shape index (κ3) is 1.48. The molecule has 0 aliphatic heterocycles. The molecule has 0 atom stereocenters. The summed E-state index contributed by atoms with van der Waals surface area (Å²) in [6.45, 7) is 8.74. The van der Waals surface area contributed by atoms with E-state index < -0.39 is 0 Å². The van der Waals surface area contributed by atoms with Crippen LogP contribution < -0.4 is 0 Å². The molecule has 2 fully saturated rings. The van der Waals surface area contributed by atoms with Crippen molar-refractivity contribution in [1.82, 2.24) is 0 Å². The van der Waals surface area contributed by atoms with Crippen LogP contribution in [0, 0.1) is 11.8 Å². The monoisotopic (exact) mass is 162 g/mol. The van der Waals surface area contributed by atoms with Gasteiger partial charge >= 0.3 is 0 Å². The summed E-state index contributed by atoms with van der Waals surface area (Å²) < 4.78 is 0. The fourth-order valence-corrected chi connectivity index (χ4v) is 1.81. The predicted octanol–water partition coefficient (Wildman–Crippen LogP) is 3.70. The van der Waals surface area contributed by atoms with Gasteiger partial charge in [-0.3, -0.25) is 0 Å². The van der Waals surface area contributed by atoms with Gasteiger partial charge in [-0.1, -0.05) is 12.2 Å². The molecule has 0 nitrogen and oxygen atoms in total. The van der Waals surface area contributed by atoms with E-state index in [4.69, 9.17) is 0 Å². The molecule has 66 valence electrons. The summed E-state index contributed by atoms with van der Waals surface area (Å²) in [6, 6.07) is 0. The van der Waals surface area contributed by atoms with E-state index in [-0.39, 0.29) is 0 Å². The molecule has 0 heterocycles. The van der Waals surface area contributed by atoms with Gasteiger partial charge in [0.1, 0.15) is 0 Å². The lowest BCUT2D eigenvalue weighted by atomic mass is 9.97. The topological polar surface area (TPSA) is 0 Å². The van der Waals surface area contributed by atoms with Crippen molar-refractivity contribution in [1.29, 1.82) is 0 Å². The van der Waals surface area contributed by atoms with Gasteiger partial charge in [0.15, 0.2) is 0 Å². The van der Waals surface area contributed by atoms with Gasteiger partial charge in [-0.15, -0.1) is 0 Å². The number of allylic oxidation sites excluding steroid dienone is 3. The van der Waals surface area contributed by atoms with Crippen LogP contribution in [-0.4, -0.2) is 0 Å². The van der Waals surface area contributed by atoms with E-state index in [2.05, 4.69) is 20.4 Å². The van der Waals surface area contributed by atoms with Crippen LogP contribution in [-0.2, 0) is 0 Å². The average Bonchev–Trinajstić information content (AvgIpc) is 2.90. The first-order valence-electron chi connectivity index (χ1n) is 5.06. The Hall–Kier alpha value is -0.520. The molecule has 0 aromatic carbocycles. The normalized spacial score (nSPS) is 25.2. The Morgan fingerprint density at radius 2 is 1.50 bits per heavy atom. The second kappa shape index (κ2) is 2.76. The Labute approximate surface area is 75.4 Å². The highest BCUT2D eigenvalue weighted by atomic mass is 14.3. The van der Waals surface area contributed by atoms with Crippen LogP contribution in [0.15, 0.2) is 23.3 Å². The van der Waals surface area contributed by atoms with E-state index in [1.165, 1.54) is 36.8 Å². The third-order valence-corrected chi connectivity index (χ3v) is 3.33. The average molecular weight is 162 g/mol. The summed E-state index contributed by atoms with van der Waals surface area (Å²) in [5.74, 6) is 1.76. The molecule has 12 heavy (non-hydrogen) atoms. The number of hydrogen-bond acceptors (Lipinski definition) is 0. The minimum Gasteiger partial charge on any atom is -0.0953 e. The van der Waals surface area contributed by atoms with Crippen LogP contribution >= 0.6 is 0 Å². The van der Waals surface area contributed by atoms with E-state index >= 15 is 0 Å². The van der Waals surface area contributed by atoms with Crippen molar-refractivity contribution in [2.24, 2.45) is 11.8 Å². The lowest BCUT2D eigenvalue weighted by Gasteiger charge is -2.08. The van der Waals surface area contributed by atoms with Gasteiger partial charge in [-0.25, -0.2) is 0 Å². The SMILES string of the molecule is C=C(/C(C)=C(\C)C1CC1)C1CC1. The van der Waals surface area contributed by atoms with Gasteiger partial charge in [0.05, 0.1) is 0 Å². The molecule has 0 aromatic rings.